The number of benzene rings is 2. The molecule has 0 spiro atoms. The molecule has 0 saturated carbocycles. The van der Waals surface area contributed by atoms with Crippen LogP contribution in [-0.4, -0.2) is 20.2 Å². The first-order chi connectivity index (χ1) is 9.35. The summed E-state index contributed by atoms with van der Waals surface area (Å²) in [5, 5.41) is 0. The molecule has 2 aromatic carbocycles. The van der Waals surface area contributed by atoms with Crippen LogP contribution < -0.4 is 4.74 Å². The Hall–Kier alpha value is -2.13. The molecular formula is C16H16O3. The van der Waals surface area contributed by atoms with Crippen LogP contribution in [-0.2, 0) is 9.53 Å². The number of ether oxygens (including phenoxy) is 2. The molecule has 0 aromatic heterocycles. The lowest BCUT2D eigenvalue weighted by atomic mass is 9.93. The summed E-state index contributed by atoms with van der Waals surface area (Å²) in [7, 11) is 1.58. The standard InChI is InChI=1S/C16H16O3/c1-18-12-19-15-9-7-14(8-10-15)16(11-17)13-5-3-2-4-6-13/h2-11,16H,12H2,1H3. The third-order valence-corrected chi connectivity index (χ3v) is 2.88. The van der Waals surface area contributed by atoms with Crippen LogP contribution in [0, 0.1) is 0 Å². The molecule has 0 amide bonds. The average molecular weight is 256 g/mol. The van der Waals surface area contributed by atoms with Crippen molar-refractivity contribution in [3.63, 3.8) is 0 Å². The van der Waals surface area contributed by atoms with E-state index in [1.807, 2.05) is 54.6 Å². The first-order valence-corrected chi connectivity index (χ1v) is 6.07. The van der Waals surface area contributed by atoms with Gasteiger partial charge in [-0.1, -0.05) is 42.5 Å². The van der Waals surface area contributed by atoms with E-state index in [0.29, 0.717) is 0 Å². The van der Waals surface area contributed by atoms with E-state index in [1.54, 1.807) is 7.11 Å². The predicted molar refractivity (Wildman–Crippen MR) is 73.3 cm³/mol. The zero-order valence-electron chi connectivity index (χ0n) is 10.8. The van der Waals surface area contributed by atoms with Gasteiger partial charge in [-0.05, 0) is 23.3 Å². The van der Waals surface area contributed by atoms with Crippen LogP contribution in [0.25, 0.3) is 0 Å². The molecule has 2 rings (SSSR count). The highest BCUT2D eigenvalue weighted by atomic mass is 16.7. The van der Waals surface area contributed by atoms with E-state index in [2.05, 4.69) is 0 Å². The van der Waals surface area contributed by atoms with Crippen LogP contribution >= 0.6 is 0 Å². The maximum Gasteiger partial charge on any atom is 0.188 e. The number of carbonyl (C=O) groups excluding carboxylic acids is 1. The molecule has 0 heterocycles. The molecule has 1 atom stereocenters. The number of rotatable bonds is 6. The molecule has 0 bridgehead atoms. The van der Waals surface area contributed by atoms with Crippen LogP contribution in [0.4, 0.5) is 0 Å². The molecule has 0 fully saturated rings. The Morgan fingerprint density at radius 1 is 1.00 bits per heavy atom. The molecule has 0 aliphatic carbocycles. The van der Waals surface area contributed by atoms with E-state index in [9.17, 15) is 4.79 Å². The number of aldehydes is 1. The van der Waals surface area contributed by atoms with Gasteiger partial charge in [-0.25, -0.2) is 0 Å². The van der Waals surface area contributed by atoms with Gasteiger partial charge in [0.25, 0.3) is 0 Å². The number of methoxy groups -OCH3 is 1. The van der Waals surface area contributed by atoms with E-state index in [4.69, 9.17) is 9.47 Å². The normalized spacial score (nSPS) is 11.8. The molecule has 0 radical (unpaired) electrons. The minimum Gasteiger partial charge on any atom is -0.468 e. The highest BCUT2D eigenvalue weighted by molar-refractivity contribution is 5.68. The summed E-state index contributed by atoms with van der Waals surface area (Å²) >= 11 is 0. The van der Waals surface area contributed by atoms with Crippen molar-refractivity contribution in [3.05, 3.63) is 65.7 Å². The molecule has 19 heavy (non-hydrogen) atoms. The maximum atomic E-state index is 11.3. The molecule has 98 valence electrons. The molecule has 1 unspecified atom stereocenters. The van der Waals surface area contributed by atoms with E-state index >= 15 is 0 Å². The lowest BCUT2D eigenvalue weighted by molar-refractivity contribution is -0.108. The second-order valence-electron chi connectivity index (χ2n) is 4.14. The zero-order valence-corrected chi connectivity index (χ0v) is 10.8. The van der Waals surface area contributed by atoms with Gasteiger partial charge in [0.05, 0.1) is 5.92 Å². The quantitative estimate of drug-likeness (QED) is 0.588. The molecule has 0 N–H and O–H groups in total. The predicted octanol–water partition coefficient (Wildman–Crippen LogP) is 3.00. The summed E-state index contributed by atoms with van der Waals surface area (Å²) in [4.78, 5) is 11.3. The Kier molecular flexibility index (Phi) is 4.70. The Morgan fingerprint density at radius 2 is 1.63 bits per heavy atom. The number of hydrogen-bond acceptors (Lipinski definition) is 3. The Balaban J connectivity index is 2.18. The zero-order chi connectivity index (χ0) is 13.5. The highest BCUT2D eigenvalue weighted by Gasteiger charge is 2.12. The first-order valence-electron chi connectivity index (χ1n) is 6.07. The lowest BCUT2D eigenvalue weighted by Gasteiger charge is -2.12. The minimum absolute atomic E-state index is 0.217. The van der Waals surface area contributed by atoms with Crippen molar-refractivity contribution >= 4 is 6.29 Å². The minimum atomic E-state index is -0.238. The van der Waals surface area contributed by atoms with Crippen molar-refractivity contribution < 1.29 is 14.3 Å². The number of hydrogen-bond donors (Lipinski definition) is 0. The lowest BCUT2D eigenvalue weighted by Crippen LogP contribution is -2.03. The van der Waals surface area contributed by atoms with Crippen molar-refractivity contribution in [3.8, 4) is 5.75 Å². The Labute approximate surface area is 112 Å². The van der Waals surface area contributed by atoms with Gasteiger partial charge in [0.1, 0.15) is 12.0 Å². The summed E-state index contributed by atoms with van der Waals surface area (Å²) in [5.74, 6) is 0.487. The summed E-state index contributed by atoms with van der Waals surface area (Å²) in [6, 6.07) is 17.2. The van der Waals surface area contributed by atoms with E-state index in [0.717, 1.165) is 23.2 Å². The SMILES string of the molecule is COCOc1ccc(C(C=O)c2ccccc2)cc1. The Morgan fingerprint density at radius 3 is 2.21 bits per heavy atom. The topological polar surface area (TPSA) is 35.5 Å². The van der Waals surface area contributed by atoms with Crippen molar-refractivity contribution in [2.24, 2.45) is 0 Å². The molecule has 2 aromatic rings. The third kappa shape index (κ3) is 3.42. The maximum absolute atomic E-state index is 11.3. The van der Waals surface area contributed by atoms with Gasteiger partial charge in [0, 0.05) is 7.11 Å². The highest BCUT2D eigenvalue weighted by Crippen LogP contribution is 2.24. The summed E-state index contributed by atoms with van der Waals surface area (Å²) in [6.45, 7) is 0.217. The summed E-state index contributed by atoms with van der Waals surface area (Å²) in [5.41, 5.74) is 1.94. The van der Waals surface area contributed by atoms with Gasteiger partial charge in [0.2, 0.25) is 0 Å². The van der Waals surface area contributed by atoms with E-state index in [1.165, 1.54) is 0 Å². The Bertz CT molecular complexity index is 505. The van der Waals surface area contributed by atoms with E-state index in [-0.39, 0.29) is 12.7 Å². The second kappa shape index (κ2) is 6.71. The monoisotopic (exact) mass is 256 g/mol. The van der Waals surface area contributed by atoms with Crippen LogP contribution in [0.1, 0.15) is 17.0 Å². The smallest absolute Gasteiger partial charge is 0.188 e. The fraction of sp³-hybridized carbons (Fsp3) is 0.188. The van der Waals surface area contributed by atoms with Crippen LogP contribution in [0.3, 0.4) is 0 Å². The van der Waals surface area contributed by atoms with Gasteiger partial charge in [0.15, 0.2) is 6.79 Å². The second-order valence-corrected chi connectivity index (χ2v) is 4.14. The van der Waals surface area contributed by atoms with Gasteiger partial charge < -0.3 is 14.3 Å². The van der Waals surface area contributed by atoms with Gasteiger partial charge in [-0.15, -0.1) is 0 Å². The van der Waals surface area contributed by atoms with Gasteiger partial charge in [-0.3, -0.25) is 0 Å². The van der Waals surface area contributed by atoms with E-state index < -0.39 is 0 Å². The average Bonchev–Trinajstić information content (AvgIpc) is 2.48. The van der Waals surface area contributed by atoms with Crippen molar-refractivity contribution in [1.82, 2.24) is 0 Å². The summed E-state index contributed by atoms with van der Waals surface area (Å²) < 4.78 is 10.2. The molecule has 0 aliphatic heterocycles. The molecular weight excluding hydrogens is 240 g/mol. The molecule has 3 heteroatoms. The van der Waals surface area contributed by atoms with Crippen LogP contribution in [0.2, 0.25) is 0 Å². The van der Waals surface area contributed by atoms with Crippen LogP contribution in [0.5, 0.6) is 5.75 Å². The fourth-order valence-corrected chi connectivity index (χ4v) is 1.91. The fourth-order valence-electron chi connectivity index (χ4n) is 1.91. The molecule has 3 nitrogen and oxygen atoms in total. The van der Waals surface area contributed by atoms with Gasteiger partial charge in [-0.2, -0.15) is 0 Å². The molecule has 0 aliphatic rings. The van der Waals surface area contributed by atoms with Crippen molar-refractivity contribution in [2.75, 3.05) is 13.9 Å². The largest absolute Gasteiger partial charge is 0.468 e. The summed E-state index contributed by atoms with van der Waals surface area (Å²) in [6.07, 6.45) is 0.959. The molecule has 0 saturated heterocycles. The van der Waals surface area contributed by atoms with Gasteiger partial charge >= 0.3 is 0 Å². The number of carbonyl (C=O) groups is 1. The van der Waals surface area contributed by atoms with Crippen LogP contribution in [0.15, 0.2) is 54.6 Å². The van der Waals surface area contributed by atoms with Crippen molar-refractivity contribution in [1.29, 1.82) is 0 Å². The third-order valence-electron chi connectivity index (χ3n) is 2.88. The first kappa shape index (κ1) is 13.3. The van der Waals surface area contributed by atoms with Crippen molar-refractivity contribution in [2.45, 2.75) is 5.92 Å².